The van der Waals surface area contributed by atoms with E-state index in [9.17, 15) is 5.11 Å². The molecular formula is C82H111Cl2N9O6. The summed E-state index contributed by atoms with van der Waals surface area (Å²) >= 11 is 0. The Labute approximate surface area is 602 Å². The molecule has 3 aromatic heterocycles. The Kier molecular flexibility index (Phi) is 30.8. The molecule has 15 nitrogen and oxygen atoms in total. The number of aromatic hydroxyl groups is 1. The number of allylic oxidation sites excluding steroid dienone is 2. The number of piperidine rings is 3. The molecule has 0 aliphatic carbocycles. The number of hydrogen-bond donors (Lipinski definition) is 1. The predicted molar refractivity (Wildman–Crippen MR) is 409 cm³/mol. The van der Waals surface area contributed by atoms with Crippen LogP contribution in [0.2, 0.25) is 0 Å². The molecule has 17 heteroatoms. The zero-order valence-corrected chi connectivity index (χ0v) is 62.4. The third kappa shape index (κ3) is 23.2. The lowest BCUT2D eigenvalue weighted by Gasteiger charge is -2.31. The van der Waals surface area contributed by atoms with Crippen molar-refractivity contribution in [1.29, 1.82) is 0 Å². The van der Waals surface area contributed by atoms with E-state index >= 15 is 0 Å². The van der Waals surface area contributed by atoms with Gasteiger partial charge in [-0.15, -0.1) is 24.8 Å². The van der Waals surface area contributed by atoms with Crippen molar-refractivity contribution in [2.24, 2.45) is 17.8 Å². The summed E-state index contributed by atoms with van der Waals surface area (Å²) in [5.74, 6) is 4.30. The Morgan fingerprint density at radius 3 is 1.02 bits per heavy atom. The first-order valence-corrected chi connectivity index (χ1v) is 35.7. The molecule has 6 heterocycles. The second-order valence-corrected chi connectivity index (χ2v) is 28.8. The molecule has 3 fully saturated rings. The molecular weight excluding hydrogens is 1280 g/mol. The second kappa shape index (κ2) is 39.2. The number of rotatable bonds is 27. The van der Waals surface area contributed by atoms with E-state index in [1.807, 2.05) is 25.1 Å². The molecule has 12 rings (SSSR count). The number of halogens is 2. The lowest BCUT2D eigenvalue weighted by Crippen LogP contribution is -2.33. The molecule has 1 N–H and O–H groups in total. The van der Waals surface area contributed by atoms with Gasteiger partial charge in [-0.05, 0) is 269 Å². The zero-order valence-electron chi connectivity index (χ0n) is 60.7. The van der Waals surface area contributed by atoms with Crippen molar-refractivity contribution in [3.05, 3.63) is 201 Å². The van der Waals surface area contributed by atoms with Crippen LogP contribution in [0.1, 0.15) is 136 Å². The zero-order chi connectivity index (χ0) is 68.0. The maximum Gasteiger partial charge on any atom is 0.175 e. The Morgan fingerprint density at radius 2 is 0.717 bits per heavy atom. The lowest BCUT2D eigenvalue weighted by atomic mass is 9.91. The number of benzene rings is 6. The van der Waals surface area contributed by atoms with Gasteiger partial charge in [0.15, 0.2) is 16.7 Å². The van der Waals surface area contributed by atoms with Gasteiger partial charge < -0.3 is 42.8 Å². The maximum atomic E-state index is 10.2. The number of aromatic nitrogens is 3. The Balaban J connectivity index is 0.000000188. The van der Waals surface area contributed by atoms with Crippen molar-refractivity contribution in [2.45, 2.75) is 144 Å². The molecule has 534 valence electrons. The number of phenolic OH excluding ortho intramolecular Hbond substituents is 1. The van der Waals surface area contributed by atoms with Crippen molar-refractivity contribution in [3.8, 4) is 17.2 Å². The number of nitrogens with zero attached hydrogens (tertiary/aromatic N) is 9. The van der Waals surface area contributed by atoms with Gasteiger partial charge in [0.2, 0.25) is 0 Å². The van der Waals surface area contributed by atoms with Crippen LogP contribution in [0.3, 0.4) is 0 Å². The minimum atomic E-state index is 0. The summed E-state index contributed by atoms with van der Waals surface area (Å²) in [6, 6.07) is 44.5. The van der Waals surface area contributed by atoms with Crippen LogP contribution in [0.5, 0.6) is 17.2 Å². The highest BCUT2D eigenvalue weighted by atomic mass is 35.5. The van der Waals surface area contributed by atoms with Crippen molar-refractivity contribution >= 4 is 57.7 Å². The lowest BCUT2D eigenvalue weighted by molar-refractivity contribution is 0.172. The van der Waals surface area contributed by atoms with Crippen LogP contribution in [-0.4, -0.2) is 145 Å². The first-order chi connectivity index (χ1) is 47.1. The molecule has 0 saturated carbocycles. The fourth-order valence-electron chi connectivity index (χ4n) is 13.9. The van der Waals surface area contributed by atoms with Crippen molar-refractivity contribution in [2.75, 3.05) is 94.8 Å². The molecule has 99 heavy (non-hydrogen) atoms. The smallest absolute Gasteiger partial charge is 0.175 e. The number of hydrogen-bond acceptors (Lipinski definition) is 15. The Hall–Kier alpha value is -7.05. The van der Waals surface area contributed by atoms with Crippen molar-refractivity contribution < 1.29 is 28.1 Å². The number of ether oxygens (including phenoxy) is 2. The highest BCUT2D eigenvalue weighted by Crippen LogP contribution is 2.37. The second-order valence-electron chi connectivity index (χ2n) is 28.8. The molecule has 0 radical (unpaired) electrons. The summed E-state index contributed by atoms with van der Waals surface area (Å²) in [6.45, 7) is 21.9. The third-order valence-electron chi connectivity index (χ3n) is 19.5. The van der Waals surface area contributed by atoms with Crippen LogP contribution >= 0.6 is 24.8 Å². The fraction of sp³-hybridized carbons (Fsp3) is 0.476. The predicted octanol–water partition coefficient (Wildman–Crippen LogP) is 17.4. The topological polar surface area (TPSA) is 136 Å². The first-order valence-electron chi connectivity index (χ1n) is 35.7. The molecule has 3 saturated heterocycles. The number of phenols is 1. The standard InChI is InChI=1S/2C29H39N3O2.C24H31N3O2.2ClH/c2*1-22(2)16-19-33-28-13-11-25-27(30-34-29(25)26(28)21-31(3)4)12-10-23-14-17-32(18-15-23)20-24-8-6-5-7-9-24;1-26(2)17-21-23(28)11-9-20-22(25-29-24(20)21)10-8-18-12-14-27(15-13-18)16-19-6-4-3-5-7-19;;/h2*5-9,11,13,16,23H,10,12,14-15,17-21H2,1-4H3;3-7,9,11,18,28H,8,10,12-17H2,1-2H3;2*1H. The van der Waals surface area contributed by atoms with E-state index in [0.717, 1.165) is 154 Å². The van der Waals surface area contributed by atoms with Crippen LogP contribution in [0.4, 0.5) is 0 Å². The van der Waals surface area contributed by atoms with E-state index in [4.69, 9.17) is 23.0 Å². The SMILES string of the molecule is CC(C)=CCOc1ccc2c(CCC3CCN(Cc4ccccc4)CC3)noc2c1CN(C)C.CC(C)=CCOc1ccc2c(CCC3CCN(Cc4ccccc4)CC3)noc2c1CN(C)C.CN(C)Cc1c(O)ccc2c(CCC3CCN(Cc4ccccc4)CC3)noc12.Cl.Cl. The van der Waals surface area contributed by atoms with E-state index in [1.54, 1.807) is 6.07 Å². The summed E-state index contributed by atoms with van der Waals surface area (Å²) < 4.78 is 29.6. The van der Waals surface area contributed by atoms with Gasteiger partial charge in [-0.25, -0.2) is 0 Å². The van der Waals surface area contributed by atoms with Crippen LogP contribution in [-0.2, 0) is 58.5 Å². The van der Waals surface area contributed by atoms with E-state index in [0.29, 0.717) is 19.8 Å². The number of aryl methyl sites for hydroxylation is 3. The Morgan fingerprint density at radius 1 is 0.424 bits per heavy atom. The van der Waals surface area contributed by atoms with Gasteiger partial charge in [0.25, 0.3) is 0 Å². The van der Waals surface area contributed by atoms with E-state index in [2.05, 4.69) is 223 Å². The molecule has 6 aromatic carbocycles. The van der Waals surface area contributed by atoms with E-state index in [1.165, 1.54) is 118 Å². The third-order valence-corrected chi connectivity index (χ3v) is 19.5. The molecule has 0 amide bonds. The van der Waals surface area contributed by atoms with E-state index in [-0.39, 0.29) is 30.6 Å². The molecule has 0 bridgehead atoms. The van der Waals surface area contributed by atoms with Gasteiger partial charge in [0.05, 0.1) is 33.8 Å². The monoisotopic (exact) mass is 1390 g/mol. The van der Waals surface area contributed by atoms with Gasteiger partial charge in [0.1, 0.15) is 30.5 Å². The molecule has 3 aliphatic rings. The largest absolute Gasteiger partial charge is 0.507 e. The minimum Gasteiger partial charge on any atom is -0.507 e. The van der Waals surface area contributed by atoms with Gasteiger partial charge >= 0.3 is 0 Å². The quantitative estimate of drug-likeness (QED) is 0.0489. The summed E-state index contributed by atoms with van der Waals surface area (Å²) in [6.07, 6.45) is 18.1. The fourth-order valence-corrected chi connectivity index (χ4v) is 13.9. The number of likely N-dealkylation sites (tertiary alicyclic amines) is 3. The number of fused-ring (bicyclic) bond motifs is 3. The van der Waals surface area contributed by atoms with Crippen LogP contribution in [0.15, 0.2) is 164 Å². The normalized spacial score (nSPS) is 15.2. The molecule has 0 atom stereocenters. The Bertz CT molecular complexity index is 3720. The minimum absolute atomic E-state index is 0. The summed E-state index contributed by atoms with van der Waals surface area (Å²) in [5.41, 5.74) is 15.4. The van der Waals surface area contributed by atoms with E-state index < -0.39 is 0 Å². The van der Waals surface area contributed by atoms with Crippen molar-refractivity contribution in [1.82, 2.24) is 44.9 Å². The summed E-state index contributed by atoms with van der Waals surface area (Å²) in [5, 5.41) is 26.9. The first kappa shape index (κ1) is 77.7. The van der Waals surface area contributed by atoms with Crippen LogP contribution in [0, 0.1) is 17.8 Å². The van der Waals surface area contributed by atoms with Crippen molar-refractivity contribution in [3.63, 3.8) is 0 Å². The van der Waals surface area contributed by atoms with Crippen LogP contribution in [0.25, 0.3) is 32.9 Å². The maximum absolute atomic E-state index is 10.2. The van der Waals surface area contributed by atoms with Crippen LogP contribution < -0.4 is 9.47 Å². The van der Waals surface area contributed by atoms with Gasteiger partial charge in [-0.1, -0.05) is 118 Å². The molecule has 0 unspecified atom stereocenters. The molecule has 3 aliphatic heterocycles. The summed E-state index contributed by atoms with van der Waals surface area (Å²) in [4.78, 5) is 14.1. The molecule has 0 spiro atoms. The average molecular weight is 1390 g/mol. The van der Waals surface area contributed by atoms with Gasteiger partial charge in [-0.3, -0.25) is 14.7 Å². The highest BCUT2D eigenvalue weighted by Gasteiger charge is 2.26. The summed E-state index contributed by atoms with van der Waals surface area (Å²) in [7, 11) is 12.3. The average Bonchev–Trinajstić information content (AvgIpc) is 1.69. The van der Waals surface area contributed by atoms with Gasteiger partial charge in [-0.2, -0.15) is 0 Å². The van der Waals surface area contributed by atoms with Gasteiger partial charge in [0, 0.05) is 55.4 Å². The highest BCUT2D eigenvalue weighted by molar-refractivity contribution is 5.87. The molecule has 9 aromatic rings.